The maximum atomic E-state index is 12.7. The summed E-state index contributed by atoms with van der Waals surface area (Å²) in [6, 6.07) is 6.91. The molecule has 2 atom stereocenters. The van der Waals surface area contributed by atoms with Crippen LogP contribution in [0.25, 0.3) is 0 Å². The standard InChI is InChI=1S/C23H32N2O6/c1-3-29-23(28)18-6-4-12-25(14-18)21(26)15-24(2)22(27)17-8-10-19(11-9-17)31-16-20-7-5-13-30-20/h8-11,18,20H,3-7,12-16H2,1-2H3. The molecule has 31 heavy (non-hydrogen) atoms. The summed E-state index contributed by atoms with van der Waals surface area (Å²) in [6.07, 6.45) is 3.68. The van der Waals surface area contributed by atoms with Gasteiger partial charge in [-0.1, -0.05) is 0 Å². The van der Waals surface area contributed by atoms with Gasteiger partial charge in [0.05, 0.1) is 25.2 Å². The molecule has 8 heteroatoms. The second-order valence-electron chi connectivity index (χ2n) is 8.06. The first-order chi connectivity index (χ1) is 15.0. The maximum Gasteiger partial charge on any atom is 0.310 e. The molecular formula is C23H32N2O6. The number of likely N-dealkylation sites (N-methyl/N-ethyl adjacent to an activating group) is 1. The number of hydrogen-bond donors (Lipinski definition) is 0. The number of carbonyl (C=O) groups excluding carboxylic acids is 3. The zero-order valence-electron chi connectivity index (χ0n) is 18.4. The Labute approximate surface area is 183 Å². The zero-order valence-corrected chi connectivity index (χ0v) is 18.4. The lowest BCUT2D eigenvalue weighted by molar-refractivity contribution is -0.151. The van der Waals surface area contributed by atoms with Gasteiger partial charge in [-0.2, -0.15) is 0 Å². The second kappa shape index (κ2) is 11.1. The summed E-state index contributed by atoms with van der Waals surface area (Å²) in [7, 11) is 1.61. The predicted octanol–water partition coefficient (Wildman–Crippen LogP) is 2.12. The minimum absolute atomic E-state index is 0.0361. The van der Waals surface area contributed by atoms with E-state index in [0.29, 0.717) is 37.6 Å². The monoisotopic (exact) mass is 432 g/mol. The lowest BCUT2D eigenvalue weighted by atomic mass is 9.98. The molecule has 3 rings (SSSR count). The van der Waals surface area contributed by atoms with Gasteiger partial charge in [-0.15, -0.1) is 0 Å². The summed E-state index contributed by atoms with van der Waals surface area (Å²) in [6.45, 7) is 4.29. The third kappa shape index (κ3) is 6.43. The Hall–Kier alpha value is -2.61. The lowest BCUT2D eigenvalue weighted by Crippen LogP contribution is -2.47. The Balaban J connectivity index is 1.48. The summed E-state index contributed by atoms with van der Waals surface area (Å²) in [5.74, 6) is -0.268. The minimum atomic E-state index is -0.291. The molecule has 0 N–H and O–H groups in total. The number of carbonyl (C=O) groups is 3. The van der Waals surface area contributed by atoms with Crippen LogP contribution in [0.3, 0.4) is 0 Å². The van der Waals surface area contributed by atoms with E-state index in [4.69, 9.17) is 14.2 Å². The van der Waals surface area contributed by atoms with Crippen LogP contribution in [0.2, 0.25) is 0 Å². The van der Waals surface area contributed by atoms with Gasteiger partial charge in [-0.05, 0) is 56.9 Å². The highest BCUT2D eigenvalue weighted by molar-refractivity contribution is 5.96. The van der Waals surface area contributed by atoms with E-state index in [1.165, 1.54) is 4.90 Å². The molecule has 2 aliphatic rings. The Morgan fingerprint density at radius 3 is 2.61 bits per heavy atom. The maximum absolute atomic E-state index is 12.7. The average Bonchev–Trinajstić information content (AvgIpc) is 3.31. The smallest absolute Gasteiger partial charge is 0.310 e. The van der Waals surface area contributed by atoms with Crippen LogP contribution in [0.1, 0.15) is 43.0 Å². The van der Waals surface area contributed by atoms with E-state index in [1.807, 2.05) is 0 Å². The van der Waals surface area contributed by atoms with Crippen molar-refractivity contribution in [2.75, 3.05) is 46.5 Å². The van der Waals surface area contributed by atoms with Gasteiger partial charge in [0.1, 0.15) is 12.4 Å². The molecule has 2 heterocycles. The number of esters is 1. The largest absolute Gasteiger partial charge is 0.491 e. The van der Waals surface area contributed by atoms with Gasteiger partial charge in [0.25, 0.3) is 5.91 Å². The van der Waals surface area contributed by atoms with Crippen molar-refractivity contribution in [3.8, 4) is 5.75 Å². The van der Waals surface area contributed by atoms with E-state index in [9.17, 15) is 14.4 Å². The molecular weight excluding hydrogens is 400 g/mol. The first-order valence-corrected chi connectivity index (χ1v) is 11.0. The van der Waals surface area contributed by atoms with Crippen LogP contribution in [0.5, 0.6) is 5.75 Å². The van der Waals surface area contributed by atoms with Crippen molar-refractivity contribution in [2.45, 2.75) is 38.7 Å². The summed E-state index contributed by atoms with van der Waals surface area (Å²) in [4.78, 5) is 40.4. The molecule has 2 amide bonds. The Kier molecular flexibility index (Phi) is 8.28. The van der Waals surface area contributed by atoms with Crippen molar-refractivity contribution in [1.82, 2.24) is 9.80 Å². The predicted molar refractivity (Wildman–Crippen MR) is 114 cm³/mol. The number of likely N-dealkylation sites (tertiary alicyclic amines) is 1. The fraction of sp³-hybridized carbons (Fsp3) is 0.609. The number of nitrogens with zero attached hydrogens (tertiary/aromatic N) is 2. The highest BCUT2D eigenvalue weighted by Gasteiger charge is 2.30. The lowest BCUT2D eigenvalue weighted by Gasteiger charge is -2.32. The van der Waals surface area contributed by atoms with Gasteiger partial charge in [0.2, 0.25) is 5.91 Å². The molecule has 170 valence electrons. The topological polar surface area (TPSA) is 85.4 Å². The third-order valence-corrected chi connectivity index (χ3v) is 5.67. The summed E-state index contributed by atoms with van der Waals surface area (Å²) < 4.78 is 16.4. The van der Waals surface area contributed by atoms with Crippen LogP contribution < -0.4 is 4.74 Å². The van der Waals surface area contributed by atoms with Crippen molar-refractivity contribution >= 4 is 17.8 Å². The zero-order chi connectivity index (χ0) is 22.2. The van der Waals surface area contributed by atoms with Crippen LogP contribution in [0.15, 0.2) is 24.3 Å². The van der Waals surface area contributed by atoms with Crippen LogP contribution in [0, 0.1) is 5.92 Å². The average molecular weight is 433 g/mol. The Morgan fingerprint density at radius 2 is 1.94 bits per heavy atom. The highest BCUT2D eigenvalue weighted by atomic mass is 16.5. The molecule has 8 nitrogen and oxygen atoms in total. The number of benzene rings is 1. The van der Waals surface area contributed by atoms with Crippen molar-refractivity contribution in [3.63, 3.8) is 0 Å². The molecule has 0 aliphatic carbocycles. The molecule has 0 saturated carbocycles. The van der Waals surface area contributed by atoms with E-state index in [2.05, 4.69) is 0 Å². The van der Waals surface area contributed by atoms with Gasteiger partial charge >= 0.3 is 5.97 Å². The van der Waals surface area contributed by atoms with E-state index in [0.717, 1.165) is 32.3 Å². The minimum Gasteiger partial charge on any atom is -0.491 e. The molecule has 2 aliphatic heterocycles. The molecule has 0 aromatic heterocycles. The van der Waals surface area contributed by atoms with Crippen LogP contribution in [-0.2, 0) is 19.1 Å². The molecule has 2 unspecified atom stereocenters. The number of rotatable bonds is 8. The van der Waals surface area contributed by atoms with E-state index < -0.39 is 0 Å². The highest BCUT2D eigenvalue weighted by Crippen LogP contribution is 2.19. The first kappa shape index (κ1) is 23.1. The number of ether oxygens (including phenoxy) is 3. The molecule has 2 saturated heterocycles. The molecule has 0 spiro atoms. The fourth-order valence-corrected chi connectivity index (χ4v) is 3.91. The van der Waals surface area contributed by atoms with Gasteiger partial charge in [0.15, 0.2) is 0 Å². The molecule has 1 aromatic carbocycles. The summed E-state index contributed by atoms with van der Waals surface area (Å²) >= 11 is 0. The summed E-state index contributed by atoms with van der Waals surface area (Å²) in [5.41, 5.74) is 0.489. The van der Waals surface area contributed by atoms with Crippen LogP contribution in [-0.4, -0.2) is 80.2 Å². The third-order valence-electron chi connectivity index (χ3n) is 5.67. The number of piperidine rings is 1. The van der Waals surface area contributed by atoms with E-state index >= 15 is 0 Å². The van der Waals surface area contributed by atoms with Crippen molar-refractivity contribution in [1.29, 1.82) is 0 Å². The van der Waals surface area contributed by atoms with Crippen LogP contribution >= 0.6 is 0 Å². The second-order valence-corrected chi connectivity index (χ2v) is 8.06. The van der Waals surface area contributed by atoms with Crippen LogP contribution in [0.4, 0.5) is 0 Å². The normalized spacial score (nSPS) is 20.9. The number of amides is 2. The van der Waals surface area contributed by atoms with Gasteiger partial charge < -0.3 is 24.0 Å². The quantitative estimate of drug-likeness (QED) is 0.585. The van der Waals surface area contributed by atoms with Gasteiger partial charge in [-0.3, -0.25) is 14.4 Å². The first-order valence-electron chi connectivity index (χ1n) is 11.0. The molecule has 1 aromatic rings. The molecule has 0 bridgehead atoms. The van der Waals surface area contributed by atoms with E-state index in [1.54, 1.807) is 43.1 Å². The Bertz CT molecular complexity index is 760. The molecule has 2 fully saturated rings. The molecule has 0 radical (unpaired) electrons. The fourth-order valence-electron chi connectivity index (χ4n) is 3.91. The van der Waals surface area contributed by atoms with Crippen molar-refractivity contribution in [3.05, 3.63) is 29.8 Å². The summed E-state index contributed by atoms with van der Waals surface area (Å²) in [5, 5.41) is 0. The Morgan fingerprint density at radius 1 is 1.16 bits per heavy atom. The van der Waals surface area contributed by atoms with Gasteiger partial charge in [0, 0.05) is 32.3 Å². The van der Waals surface area contributed by atoms with E-state index in [-0.39, 0.29) is 36.4 Å². The number of hydrogen-bond acceptors (Lipinski definition) is 6. The SMILES string of the molecule is CCOC(=O)C1CCCN(C(=O)CN(C)C(=O)c2ccc(OCC3CCCO3)cc2)C1. The van der Waals surface area contributed by atoms with Gasteiger partial charge in [-0.25, -0.2) is 0 Å². The van der Waals surface area contributed by atoms with Crippen molar-refractivity contribution < 1.29 is 28.6 Å². The van der Waals surface area contributed by atoms with Crippen molar-refractivity contribution in [2.24, 2.45) is 5.92 Å².